The Kier molecular flexibility index (Phi) is 7.98. The van der Waals surface area contributed by atoms with Crippen molar-refractivity contribution in [1.29, 1.82) is 0 Å². The fraction of sp³-hybridized carbons (Fsp3) is 0.615. The van der Waals surface area contributed by atoms with Gasteiger partial charge >= 0.3 is 0 Å². The summed E-state index contributed by atoms with van der Waals surface area (Å²) in [5.41, 5.74) is 2.17. The summed E-state index contributed by atoms with van der Waals surface area (Å²) in [6.07, 6.45) is 5.41. The summed E-state index contributed by atoms with van der Waals surface area (Å²) in [7, 11) is 0. The summed E-state index contributed by atoms with van der Waals surface area (Å²) in [5.74, 6) is 2.05. The molecule has 1 saturated heterocycles. The van der Waals surface area contributed by atoms with Crippen molar-refractivity contribution in [2.75, 3.05) is 26.2 Å². The van der Waals surface area contributed by atoms with Gasteiger partial charge in [-0.25, -0.2) is 0 Å². The van der Waals surface area contributed by atoms with Crippen LogP contribution in [0.2, 0.25) is 0 Å². The largest absolute Gasteiger partial charge is 0.345 e. The Bertz CT molecular complexity index is 974. The predicted molar refractivity (Wildman–Crippen MR) is 130 cm³/mol. The first kappa shape index (κ1) is 24.4. The van der Waals surface area contributed by atoms with Gasteiger partial charge < -0.3 is 14.7 Å². The summed E-state index contributed by atoms with van der Waals surface area (Å²) in [6, 6.07) is 7.88. The number of amides is 2. The average Bonchev–Trinajstić information content (AvgIpc) is 3.50. The molecule has 0 spiro atoms. The van der Waals surface area contributed by atoms with Gasteiger partial charge in [-0.1, -0.05) is 50.0 Å². The maximum atomic E-state index is 13.0. The van der Waals surface area contributed by atoms with Crippen LogP contribution >= 0.6 is 0 Å². The second-order valence-corrected chi connectivity index (χ2v) is 10.1. The molecule has 2 amide bonds. The van der Waals surface area contributed by atoms with Crippen LogP contribution in [0.4, 0.5) is 0 Å². The van der Waals surface area contributed by atoms with E-state index in [4.69, 9.17) is 4.52 Å². The van der Waals surface area contributed by atoms with E-state index in [1.54, 1.807) is 0 Å². The van der Waals surface area contributed by atoms with E-state index >= 15 is 0 Å². The number of rotatable bonds is 8. The topological polar surface area (TPSA) is 91.6 Å². The molecule has 1 N–H and O–H groups in total. The van der Waals surface area contributed by atoms with Gasteiger partial charge in [-0.2, -0.15) is 4.98 Å². The van der Waals surface area contributed by atoms with Crippen LogP contribution in [0.5, 0.6) is 0 Å². The van der Waals surface area contributed by atoms with Crippen LogP contribution < -0.4 is 5.32 Å². The molecule has 1 aromatic carbocycles. The molecule has 1 saturated carbocycles. The van der Waals surface area contributed by atoms with Crippen LogP contribution in [0.1, 0.15) is 70.2 Å². The van der Waals surface area contributed by atoms with E-state index in [2.05, 4.69) is 46.3 Å². The minimum atomic E-state index is -0.440. The van der Waals surface area contributed by atoms with Crippen LogP contribution in [0.15, 0.2) is 28.8 Å². The number of nitrogens with one attached hydrogen (secondary N) is 1. The number of nitrogens with zero attached hydrogens (tertiary/aromatic N) is 4. The maximum Gasteiger partial charge on any atom is 0.245 e. The molecule has 2 heterocycles. The first-order valence-electron chi connectivity index (χ1n) is 12.6. The third-order valence-corrected chi connectivity index (χ3v) is 6.80. The number of piperazine rings is 1. The van der Waals surface area contributed by atoms with Crippen molar-refractivity contribution in [3.63, 3.8) is 0 Å². The summed E-state index contributed by atoms with van der Waals surface area (Å²) < 4.78 is 5.56. The third-order valence-electron chi connectivity index (χ3n) is 6.80. The molecule has 2 aromatic rings. The normalized spacial score (nSPS) is 18.4. The molecule has 1 aliphatic heterocycles. The first-order chi connectivity index (χ1) is 16.4. The lowest BCUT2D eigenvalue weighted by Gasteiger charge is -2.36. The Hall–Kier alpha value is -2.74. The standard InChI is InChI=1S/C26H37N5O3/c1-18(2)15-23(27-19(3)32)26(33)31-13-11-30(12-14-31)17-20-7-6-10-22(16-20)24-28-25(34-29-24)21-8-4-5-9-21/h6-7,10,16,18,21,23H,4-5,8-9,11-15,17H2,1-3H3,(H,27,32)/t23-/m0/s1. The molecule has 2 fully saturated rings. The fourth-order valence-corrected chi connectivity index (χ4v) is 5.04. The second-order valence-electron chi connectivity index (χ2n) is 10.1. The molecule has 1 aliphatic carbocycles. The molecule has 0 radical (unpaired) electrons. The zero-order chi connectivity index (χ0) is 24.1. The van der Waals surface area contributed by atoms with Crippen molar-refractivity contribution in [2.45, 2.75) is 71.4 Å². The maximum absolute atomic E-state index is 13.0. The van der Waals surface area contributed by atoms with Crippen LogP contribution in [0.3, 0.4) is 0 Å². The lowest BCUT2D eigenvalue weighted by Crippen LogP contribution is -2.54. The predicted octanol–water partition coefficient (Wildman–Crippen LogP) is 3.59. The second kappa shape index (κ2) is 11.1. The van der Waals surface area contributed by atoms with Crippen LogP contribution in [-0.2, 0) is 16.1 Å². The number of aromatic nitrogens is 2. The van der Waals surface area contributed by atoms with Crippen molar-refractivity contribution >= 4 is 11.8 Å². The van der Waals surface area contributed by atoms with E-state index in [0.29, 0.717) is 37.2 Å². The minimum absolute atomic E-state index is 0.0284. The van der Waals surface area contributed by atoms with E-state index in [-0.39, 0.29) is 11.8 Å². The van der Waals surface area contributed by atoms with E-state index < -0.39 is 6.04 Å². The lowest BCUT2D eigenvalue weighted by atomic mass is 10.0. The van der Waals surface area contributed by atoms with Crippen LogP contribution in [-0.4, -0.2) is 64.0 Å². The highest BCUT2D eigenvalue weighted by Gasteiger charge is 2.29. The molecule has 2 aliphatic rings. The number of hydrogen-bond donors (Lipinski definition) is 1. The summed E-state index contributed by atoms with van der Waals surface area (Å²) in [5, 5.41) is 7.07. The average molecular weight is 468 g/mol. The van der Waals surface area contributed by atoms with Gasteiger partial charge in [0.2, 0.25) is 23.5 Å². The first-order valence-corrected chi connectivity index (χ1v) is 12.6. The van der Waals surface area contributed by atoms with Gasteiger partial charge in [-0.3, -0.25) is 14.5 Å². The summed E-state index contributed by atoms with van der Waals surface area (Å²) in [4.78, 5) is 33.5. The Labute approximate surface area is 202 Å². The van der Waals surface area contributed by atoms with E-state index in [1.165, 1.54) is 25.3 Å². The van der Waals surface area contributed by atoms with E-state index in [0.717, 1.165) is 43.9 Å². The number of benzene rings is 1. The van der Waals surface area contributed by atoms with Crippen LogP contribution in [0.25, 0.3) is 11.4 Å². The highest BCUT2D eigenvalue weighted by atomic mass is 16.5. The van der Waals surface area contributed by atoms with Gasteiger partial charge in [0.15, 0.2) is 0 Å². The number of carbonyl (C=O) groups is 2. The van der Waals surface area contributed by atoms with Gasteiger partial charge in [-0.15, -0.1) is 0 Å². The molecule has 0 unspecified atom stereocenters. The molecule has 184 valence electrons. The zero-order valence-electron chi connectivity index (χ0n) is 20.6. The molecular weight excluding hydrogens is 430 g/mol. The fourth-order valence-electron chi connectivity index (χ4n) is 5.04. The van der Waals surface area contributed by atoms with Crippen LogP contribution in [0, 0.1) is 5.92 Å². The molecule has 4 rings (SSSR count). The summed E-state index contributed by atoms with van der Waals surface area (Å²) in [6.45, 7) is 9.36. The highest BCUT2D eigenvalue weighted by Crippen LogP contribution is 2.34. The van der Waals surface area contributed by atoms with Crippen molar-refractivity contribution < 1.29 is 14.1 Å². The van der Waals surface area contributed by atoms with E-state index in [9.17, 15) is 9.59 Å². The van der Waals surface area contributed by atoms with Gasteiger partial charge in [0, 0.05) is 51.1 Å². The molecule has 34 heavy (non-hydrogen) atoms. The van der Waals surface area contributed by atoms with Crippen molar-refractivity contribution in [1.82, 2.24) is 25.3 Å². The minimum Gasteiger partial charge on any atom is -0.345 e. The Morgan fingerprint density at radius 2 is 1.88 bits per heavy atom. The van der Waals surface area contributed by atoms with Gasteiger partial charge in [-0.05, 0) is 36.8 Å². The third kappa shape index (κ3) is 6.23. The Balaban J connectivity index is 1.33. The van der Waals surface area contributed by atoms with Gasteiger partial charge in [0.1, 0.15) is 6.04 Å². The summed E-state index contributed by atoms with van der Waals surface area (Å²) >= 11 is 0. The smallest absolute Gasteiger partial charge is 0.245 e. The molecule has 1 aromatic heterocycles. The van der Waals surface area contributed by atoms with Crippen molar-refractivity contribution in [3.8, 4) is 11.4 Å². The molecule has 8 heteroatoms. The van der Waals surface area contributed by atoms with Crippen molar-refractivity contribution in [2.24, 2.45) is 5.92 Å². The van der Waals surface area contributed by atoms with Crippen molar-refractivity contribution in [3.05, 3.63) is 35.7 Å². The molecular formula is C26H37N5O3. The van der Waals surface area contributed by atoms with Gasteiger partial charge in [0.25, 0.3) is 0 Å². The Morgan fingerprint density at radius 1 is 1.15 bits per heavy atom. The van der Waals surface area contributed by atoms with E-state index in [1.807, 2.05) is 17.0 Å². The molecule has 1 atom stereocenters. The number of carbonyl (C=O) groups excluding carboxylic acids is 2. The molecule has 0 bridgehead atoms. The Morgan fingerprint density at radius 3 is 2.56 bits per heavy atom. The monoisotopic (exact) mass is 467 g/mol. The zero-order valence-corrected chi connectivity index (χ0v) is 20.6. The SMILES string of the molecule is CC(=O)N[C@@H](CC(C)C)C(=O)N1CCN(Cc2cccc(-c3noc(C4CCCC4)n3)c2)CC1. The molecule has 8 nitrogen and oxygen atoms in total. The highest BCUT2D eigenvalue weighted by molar-refractivity contribution is 5.87. The van der Waals surface area contributed by atoms with Gasteiger partial charge in [0.05, 0.1) is 0 Å². The quantitative estimate of drug-likeness (QED) is 0.638. The lowest BCUT2D eigenvalue weighted by molar-refractivity contribution is -0.138. The number of hydrogen-bond acceptors (Lipinski definition) is 6.